The van der Waals surface area contributed by atoms with E-state index >= 15 is 0 Å². The Balaban J connectivity index is 2.01. The maximum Gasteiger partial charge on any atom is 0.435 e. The quantitative estimate of drug-likeness (QED) is 0.841. The van der Waals surface area contributed by atoms with Crippen molar-refractivity contribution in [3.63, 3.8) is 0 Å². The van der Waals surface area contributed by atoms with E-state index in [0.717, 1.165) is 35.1 Å². The average Bonchev–Trinajstić information content (AvgIpc) is 2.86. The number of hydrogen-bond donors (Lipinski definition) is 1. The highest BCUT2D eigenvalue weighted by molar-refractivity contribution is 7.89. The molecule has 0 saturated carbocycles. The van der Waals surface area contributed by atoms with Crippen molar-refractivity contribution < 1.29 is 26.0 Å². The second-order valence-electron chi connectivity index (χ2n) is 4.77. The number of hydrogen-bond acceptors (Lipinski definition) is 3. The van der Waals surface area contributed by atoms with Gasteiger partial charge in [-0.3, -0.25) is 4.68 Å². The Morgan fingerprint density at radius 3 is 2.52 bits per heavy atom. The van der Waals surface area contributed by atoms with Gasteiger partial charge in [0.1, 0.15) is 5.82 Å². The van der Waals surface area contributed by atoms with Crippen LogP contribution < -0.4 is 4.72 Å². The van der Waals surface area contributed by atoms with Crippen molar-refractivity contribution in [3.8, 4) is 0 Å². The Morgan fingerprint density at radius 2 is 1.96 bits per heavy atom. The molecule has 23 heavy (non-hydrogen) atoms. The molecule has 1 aromatic carbocycles. The Kier molecular flexibility index (Phi) is 4.76. The van der Waals surface area contributed by atoms with Gasteiger partial charge in [-0.05, 0) is 36.8 Å². The molecule has 10 heteroatoms. The van der Waals surface area contributed by atoms with Crippen LogP contribution in [-0.2, 0) is 22.7 Å². The topological polar surface area (TPSA) is 64.0 Å². The highest BCUT2D eigenvalue weighted by Gasteiger charge is 2.33. The van der Waals surface area contributed by atoms with Gasteiger partial charge in [-0.15, -0.1) is 0 Å². The van der Waals surface area contributed by atoms with Crippen LogP contribution in [0.15, 0.2) is 35.4 Å². The largest absolute Gasteiger partial charge is 0.435 e. The van der Waals surface area contributed by atoms with Crippen LogP contribution in [0.2, 0.25) is 0 Å². The second kappa shape index (κ2) is 6.28. The summed E-state index contributed by atoms with van der Waals surface area (Å²) in [4.78, 5) is -0.0876. The van der Waals surface area contributed by atoms with Gasteiger partial charge < -0.3 is 0 Å². The number of benzene rings is 1. The molecule has 0 amide bonds. The van der Waals surface area contributed by atoms with Gasteiger partial charge in [-0.25, -0.2) is 17.5 Å². The number of rotatable bonds is 5. The Morgan fingerprint density at radius 1 is 1.26 bits per heavy atom. The van der Waals surface area contributed by atoms with Crippen molar-refractivity contribution in [2.45, 2.75) is 24.5 Å². The molecule has 2 rings (SSSR count). The molecule has 0 fully saturated rings. The van der Waals surface area contributed by atoms with Gasteiger partial charge in [0.25, 0.3) is 0 Å². The van der Waals surface area contributed by atoms with Crippen LogP contribution in [0.5, 0.6) is 0 Å². The number of aryl methyl sites for hydroxylation is 1. The van der Waals surface area contributed by atoms with Gasteiger partial charge >= 0.3 is 6.18 Å². The van der Waals surface area contributed by atoms with Crippen LogP contribution in [0.25, 0.3) is 0 Å². The van der Waals surface area contributed by atoms with Crippen molar-refractivity contribution in [2.24, 2.45) is 0 Å². The normalized spacial score (nSPS) is 12.6. The molecule has 1 aromatic heterocycles. The third kappa shape index (κ3) is 4.29. The van der Waals surface area contributed by atoms with E-state index in [0.29, 0.717) is 0 Å². The lowest BCUT2D eigenvalue weighted by Crippen LogP contribution is -2.28. The zero-order chi connectivity index (χ0) is 17.3. The van der Waals surface area contributed by atoms with E-state index in [-0.39, 0.29) is 23.5 Å². The molecule has 1 heterocycles. The standard InChI is InChI=1S/C13H13F4N3O2S/c1-9-8-10(14)2-3-11(9)23(21,22)18-5-7-20-6-4-12(19-20)13(15,16)17/h2-4,6,8,18H,5,7H2,1H3. The molecule has 0 saturated heterocycles. The van der Waals surface area contributed by atoms with Crippen LogP contribution >= 0.6 is 0 Å². The lowest BCUT2D eigenvalue weighted by Gasteiger charge is -2.09. The molecule has 5 nitrogen and oxygen atoms in total. The predicted octanol–water partition coefficient (Wildman–Crippen LogP) is 2.33. The molecule has 2 aromatic rings. The molecule has 0 atom stereocenters. The molecular formula is C13H13F4N3O2S. The highest BCUT2D eigenvalue weighted by atomic mass is 32.2. The van der Waals surface area contributed by atoms with Crippen LogP contribution in [0.1, 0.15) is 11.3 Å². The summed E-state index contributed by atoms with van der Waals surface area (Å²) in [6.45, 7) is 1.22. The minimum Gasteiger partial charge on any atom is -0.271 e. The average molecular weight is 351 g/mol. The molecular weight excluding hydrogens is 338 g/mol. The maximum absolute atomic E-state index is 13.0. The van der Waals surface area contributed by atoms with Crippen LogP contribution in [-0.4, -0.2) is 24.7 Å². The van der Waals surface area contributed by atoms with Crippen molar-refractivity contribution in [1.82, 2.24) is 14.5 Å². The van der Waals surface area contributed by atoms with E-state index in [4.69, 9.17) is 0 Å². The lowest BCUT2D eigenvalue weighted by atomic mass is 10.2. The minimum absolute atomic E-state index is 0.0739. The van der Waals surface area contributed by atoms with E-state index in [1.54, 1.807) is 0 Å². The van der Waals surface area contributed by atoms with E-state index < -0.39 is 27.7 Å². The summed E-state index contributed by atoms with van der Waals surface area (Å²) in [5, 5.41) is 3.31. The molecule has 0 bridgehead atoms. The molecule has 0 aliphatic rings. The van der Waals surface area contributed by atoms with Gasteiger partial charge in [0.15, 0.2) is 5.69 Å². The third-order valence-electron chi connectivity index (χ3n) is 2.99. The molecule has 0 unspecified atom stereocenters. The van der Waals surface area contributed by atoms with E-state index in [2.05, 4.69) is 9.82 Å². The minimum atomic E-state index is -4.55. The second-order valence-corrected chi connectivity index (χ2v) is 6.50. The van der Waals surface area contributed by atoms with Gasteiger partial charge in [0.2, 0.25) is 10.0 Å². The van der Waals surface area contributed by atoms with E-state index in [1.165, 1.54) is 6.92 Å². The Labute approximate surface area is 130 Å². The molecule has 1 N–H and O–H groups in total. The summed E-state index contributed by atoms with van der Waals surface area (Å²) in [7, 11) is -3.88. The SMILES string of the molecule is Cc1cc(F)ccc1S(=O)(=O)NCCn1ccc(C(F)(F)F)n1. The lowest BCUT2D eigenvalue weighted by molar-refractivity contribution is -0.141. The zero-order valence-electron chi connectivity index (χ0n) is 11.9. The third-order valence-corrected chi connectivity index (χ3v) is 4.61. The first-order chi connectivity index (χ1) is 10.6. The summed E-state index contributed by atoms with van der Waals surface area (Å²) in [5.41, 5.74) is -0.814. The van der Waals surface area contributed by atoms with Crippen molar-refractivity contribution in [2.75, 3.05) is 6.54 Å². The number of alkyl halides is 3. The van der Waals surface area contributed by atoms with Gasteiger partial charge in [0, 0.05) is 12.7 Å². The summed E-state index contributed by atoms with van der Waals surface area (Å²) in [6.07, 6.45) is -3.43. The number of aromatic nitrogens is 2. The van der Waals surface area contributed by atoms with Crippen molar-refractivity contribution >= 4 is 10.0 Å². The Bertz CT molecular complexity index is 800. The summed E-state index contributed by atoms with van der Waals surface area (Å²) >= 11 is 0. The monoisotopic (exact) mass is 351 g/mol. The van der Waals surface area contributed by atoms with Gasteiger partial charge in [-0.1, -0.05) is 0 Å². The van der Waals surface area contributed by atoms with Crippen LogP contribution in [0.3, 0.4) is 0 Å². The van der Waals surface area contributed by atoms with Crippen LogP contribution in [0.4, 0.5) is 17.6 Å². The number of sulfonamides is 1. The predicted molar refractivity (Wildman–Crippen MR) is 73.6 cm³/mol. The summed E-state index contributed by atoms with van der Waals surface area (Å²) < 4.78 is 77.5. The zero-order valence-corrected chi connectivity index (χ0v) is 12.7. The molecule has 126 valence electrons. The summed E-state index contributed by atoms with van der Waals surface area (Å²) in [6, 6.07) is 4.03. The number of nitrogens with zero attached hydrogens (tertiary/aromatic N) is 2. The number of nitrogens with one attached hydrogen (secondary N) is 1. The van der Waals surface area contributed by atoms with E-state index in [9.17, 15) is 26.0 Å². The van der Waals surface area contributed by atoms with Gasteiger partial charge in [0.05, 0.1) is 11.4 Å². The fourth-order valence-electron chi connectivity index (χ4n) is 1.92. The first kappa shape index (κ1) is 17.4. The smallest absolute Gasteiger partial charge is 0.271 e. The van der Waals surface area contributed by atoms with Gasteiger partial charge in [-0.2, -0.15) is 18.3 Å². The van der Waals surface area contributed by atoms with Crippen LogP contribution in [0, 0.1) is 12.7 Å². The molecule has 0 aliphatic carbocycles. The maximum atomic E-state index is 13.0. The fraction of sp³-hybridized carbons (Fsp3) is 0.308. The number of halogens is 4. The first-order valence-electron chi connectivity index (χ1n) is 6.46. The Hall–Kier alpha value is -1.94. The highest BCUT2D eigenvalue weighted by Crippen LogP contribution is 2.27. The van der Waals surface area contributed by atoms with Crippen molar-refractivity contribution in [1.29, 1.82) is 0 Å². The molecule has 0 aliphatic heterocycles. The first-order valence-corrected chi connectivity index (χ1v) is 7.94. The fourth-order valence-corrected chi connectivity index (χ4v) is 3.17. The van der Waals surface area contributed by atoms with E-state index in [1.807, 2.05) is 0 Å². The van der Waals surface area contributed by atoms with Crippen molar-refractivity contribution in [3.05, 3.63) is 47.5 Å². The summed E-state index contributed by atoms with van der Waals surface area (Å²) in [5.74, 6) is -0.558. The molecule has 0 spiro atoms. The molecule has 0 radical (unpaired) electrons.